The Kier molecular flexibility index (Phi) is 7.86. The number of pyridine rings is 1. The lowest BCUT2D eigenvalue weighted by Gasteiger charge is -2.22. The third-order valence-electron chi connectivity index (χ3n) is 5.94. The van der Waals surface area contributed by atoms with Crippen LogP contribution in [0.1, 0.15) is 27.9 Å². The third-order valence-corrected chi connectivity index (χ3v) is 6.86. The zero-order valence-corrected chi connectivity index (χ0v) is 22.4. The van der Waals surface area contributed by atoms with Crippen molar-refractivity contribution in [3.8, 4) is 11.5 Å². The van der Waals surface area contributed by atoms with E-state index in [0.29, 0.717) is 11.3 Å². The van der Waals surface area contributed by atoms with E-state index in [2.05, 4.69) is 20.1 Å². The van der Waals surface area contributed by atoms with Crippen LogP contribution in [0.2, 0.25) is 5.02 Å². The molecule has 13 heteroatoms. The zero-order chi connectivity index (χ0) is 27.8. The number of hydrogen-bond donors (Lipinski definition) is 4. The quantitative estimate of drug-likeness (QED) is 0.248. The van der Waals surface area contributed by atoms with E-state index in [4.69, 9.17) is 16.3 Å². The Morgan fingerprint density at radius 2 is 1.92 bits per heavy atom. The number of aryl methyl sites for hydroxylation is 1. The highest BCUT2D eigenvalue weighted by molar-refractivity contribution is 7.98. The van der Waals surface area contributed by atoms with Crippen LogP contribution in [0.4, 0.5) is 30.4 Å². The number of anilines is 3. The summed E-state index contributed by atoms with van der Waals surface area (Å²) >= 11 is 7.66. The molecular weight excluding hydrogens is 543 g/mol. The van der Waals surface area contributed by atoms with Crippen molar-refractivity contribution in [3.63, 3.8) is 0 Å². The minimum absolute atomic E-state index is 0.0224. The Bertz CT molecular complexity index is 1470. The summed E-state index contributed by atoms with van der Waals surface area (Å²) in [5.41, 5.74) is 0.316. The number of carbonyl (C=O) groups is 1. The first-order valence-corrected chi connectivity index (χ1v) is 12.6. The maximum atomic E-state index is 14.7. The average Bonchev–Trinajstić information content (AvgIpc) is 3.47. The van der Waals surface area contributed by atoms with Crippen LogP contribution >= 0.6 is 23.7 Å². The second-order valence-electron chi connectivity index (χ2n) is 8.77. The molecule has 0 aliphatic heterocycles. The van der Waals surface area contributed by atoms with Crippen LogP contribution in [-0.2, 0) is 7.05 Å². The van der Waals surface area contributed by atoms with Crippen molar-refractivity contribution in [3.05, 3.63) is 74.3 Å². The number of benzene rings is 2. The Hall–Kier alpha value is -3.35. The second kappa shape index (κ2) is 10.8. The van der Waals surface area contributed by atoms with Gasteiger partial charge >= 0.3 is 0 Å². The van der Waals surface area contributed by atoms with Gasteiger partial charge in [-0.25, -0.2) is 17.9 Å². The van der Waals surface area contributed by atoms with E-state index >= 15 is 0 Å². The van der Waals surface area contributed by atoms with Crippen LogP contribution in [0.3, 0.4) is 0 Å². The predicted octanol–water partition coefficient (Wildman–Crippen LogP) is 5.66. The van der Waals surface area contributed by atoms with E-state index in [9.17, 15) is 22.8 Å². The monoisotopic (exact) mass is 567 g/mol. The van der Waals surface area contributed by atoms with Crippen molar-refractivity contribution >= 4 is 46.8 Å². The van der Waals surface area contributed by atoms with Crippen molar-refractivity contribution in [1.29, 1.82) is 0 Å². The minimum Gasteiger partial charge on any atom is -0.454 e. The molecule has 2 aromatic carbocycles. The molecule has 8 nitrogen and oxygen atoms in total. The summed E-state index contributed by atoms with van der Waals surface area (Å²) in [6.07, 6.45) is -0.516. The van der Waals surface area contributed by atoms with Crippen molar-refractivity contribution in [2.45, 2.75) is 32.2 Å². The number of amides is 1. The molecular formula is C25H25ClF3N5O3S. The summed E-state index contributed by atoms with van der Waals surface area (Å²) in [6.45, 7) is 3.14. The Morgan fingerprint density at radius 1 is 1.21 bits per heavy atom. The van der Waals surface area contributed by atoms with Crippen molar-refractivity contribution < 1.29 is 22.7 Å². The van der Waals surface area contributed by atoms with Gasteiger partial charge < -0.3 is 20.1 Å². The molecule has 1 aliphatic rings. The molecule has 0 bridgehead atoms. The highest BCUT2D eigenvalue weighted by atomic mass is 35.5. The van der Waals surface area contributed by atoms with Gasteiger partial charge in [0.2, 0.25) is 0 Å². The normalized spacial score (nSPS) is 15.6. The third kappa shape index (κ3) is 5.57. The molecule has 38 heavy (non-hydrogen) atoms. The van der Waals surface area contributed by atoms with Crippen LogP contribution in [0.15, 0.2) is 41.2 Å². The fourth-order valence-corrected chi connectivity index (χ4v) is 4.38. The van der Waals surface area contributed by atoms with E-state index in [0.717, 1.165) is 16.7 Å². The first-order valence-electron chi connectivity index (χ1n) is 11.4. The molecule has 1 saturated carbocycles. The highest BCUT2D eigenvalue weighted by Crippen LogP contribution is 2.43. The highest BCUT2D eigenvalue weighted by Gasteiger charge is 2.58. The minimum atomic E-state index is -3.04. The maximum Gasteiger partial charge on any atom is 0.270 e. The van der Waals surface area contributed by atoms with Gasteiger partial charge in [-0.05, 0) is 50.7 Å². The molecule has 1 aromatic heterocycles. The molecule has 1 aliphatic carbocycles. The number of aromatic nitrogens is 1. The summed E-state index contributed by atoms with van der Waals surface area (Å²) in [6, 6.07) is 7.83. The predicted molar refractivity (Wildman–Crippen MR) is 143 cm³/mol. The molecule has 1 heterocycles. The van der Waals surface area contributed by atoms with Gasteiger partial charge in [0.05, 0.1) is 23.0 Å². The number of alkyl halides is 2. The van der Waals surface area contributed by atoms with E-state index < -0.39 is 35.7 Å². The maximum absolute atomic E-state index is 14.7. The number of hydrogen-bond acceptors (Lipinski definition) is 7. The number of ether oxygens (including phenoxy) is 1. The zero-order valence-electron chi connectivity index (χ0n) is 20.8. The lowest BCUT2D eigenvalue weighted by atomic mass is 10.1. The van der Waals surface area contributed by atoms with Crippen LogP contribution in [0.25, 0.3) is 0 Å². The number of carbonyl (C=O) groups excluding carboxylic acids is 1. The molecule has 0 saturated heterocycles. The molecule has 0 radical (unpaired) electrons. The topological polar surface area (TPSA) is 96.4 Å². The van der Waals surface area contributed by atoms with Gasteiger partial charge in [-0.2, -0.15) is 0 Å². The van der Waals surface area contributed by atoms with Crippen LogP contribution in [0.5, 0.6) is 11.5 Å². The molecule has 1 atom stereocenters. The van der Waals surface area contributed by atoms with Crippen molar-refractivity contribution in [2.75, 3.05) is 17.1 Å². The van der Waals surface area contributed by atoms with Gasteiger partial charge in [0.25, 0.3) is 17.4 Å². The summed E-state index contributed by atoms with van der Waals surface area (Å²) in [4.78, 5) is 26.6. The van der Waals surface area contributed by atoms with E-state index in [1.807, 2.05) is 0 Å². The van der Waals surface area contributed by atoms with Gasteiger partial charge in [-0.15, -0.1) is 0 Å². The first kappa shape index (κ1) is 27.7. The smallest absolute Gasteiger partial charge is 0.270 e. The van der Waals surface area contributed by atoms with E-state index in [1.165, 1.54) is 32.2 Å². The lowest BCUT2D eigenvalue weighted by Crippen LogP contribution is -2.33. The molecule has 0 spiro atoms. The van der Waals surface area contributed by atoms with Gasteiger partial charge in [0, 0.05) is 25.6 Å². The van der Waals surface area contributed by atoms with E-state index in [-0.39, 0.29) is 39.2 Å². The summed E-state index contributed by atoms with van der Waals surface area (Å²) in [5.74, 6) is -4.85. The van der Waals surface area contributed by atoms with Crippen LogP contribution in [-0.4, -0.2) is 29.5 Å². The number of halogens is 4. The molecule has 3 aromatic rings. The molecule has 1 amide bonds. The van der Waals surface area contributed by atoms with Gasteiger partial charge in [0.1, 0.15) is 28.0 Å². The van der Waals surface area contributed by atoms with Crippen LogP contribution in [0, 0.1) is 19.7 Å². The van der Waals surface area contributed by atoms with Gasteiger partial charge in [-0.1, -0.05) is 23.7 Å². The van der Waals surface area contributed by atoms with Crippen molar-refractivity contribution in [2.24, 2.45) is 7.05 Å². The summed E-state index contributed by atoms with van der Waals surface area (Å²) in [5, 5.41) is 5.22. The SMILES string of the molecule is CNSNc1cccc(Oc2c(C(=O)NC3CC3(F)F)c(Nc3ccc(C)cc3F)n(C)c(=O)c2C)c1Cl. The average molecular weight is 568 g/mol. The van der Waals surface area contributed by atoms with Gasteiger partial charge in [-0.3, -0.25) is 14.2 Å². The molecule has 4 rings (SSSR count). The molecule has 1 fully saturated rings. The summed E-state index contributed by atoms with van der Waals surface area (Å²) in [7, 11) is 3.08. The second-order valence-corrected chi connectivity index (χ2v) is 9.96. The van der Waals surface area contributed by atoms with E-state index in [1.54, 1.807) is 32.2 Å². The largest absolute Gasteiger partial charge is 0.454 e. The van der Waals surface area contributed by atoms with Gasteiger partial charge in [0.15, 0.2) is 5.75 Å². The number of rotatable bonds is 9. The van der Waals surface area contributed by atoms with Crippen molar-refractivity contribution in [1.82, 2.24) is 14.6 Å². The Morgan fingerprint density at radius 3 is 2.55 bits per heavy atom. The first-order chi connectivity index (χ1) is 17.9. The molecule has 1 unspecified atom stereocenters. The number of nitrogens with zero attached hydrogens (tertiary/aromatic N) is 1. The fraction of sp³-hybridized carbons (Fsp3) is 0.280. The number of nitrogens with one attached hydrogen (secondary N) is 4. The molecule has 4 N–H and O–H groups in total. The Labute approximate surface area is 226 Å². The Balaban J connectivity index is 1.87. The fourth-order valence-electron chi connectivity index (χ4n) is 3.73. The van der Waals surface area contributed by atoms with Crippen LogP contribution < -0.4 is 30.4 Å². The lowest BCUT2D eigenvalue weighted by molar-refractivity contribution is 0.0847. The standard InChI is InChI=1S/C25H25ClF3N5O3S/c1-12-8-9-15(14(27)10-12)31-22-19(23(35)32-18-11-25(18,28)29)21(13(2)24(36)34(22)4)37-17-7-5-6-16(20(17)26)33-38-30-3/h5-10,18,30-31,33H,11H2,1-4H3,(H,32,35). The summed E-state index contributed by atoms with van der Waals surface area (Å²) < 4.78 is 55.0. The molecule has 202 valence electrons.